The largest absolute Gasteiger partial charge is 0.487 e. The summed E-state index contributed by atoms with van der Waals surface area (Å²) >= 11 is 0. The lowest BCUT2D eigenvalue weighted by molar-refractivity contribution is 0.141. The fraction of sp³-hybridized carbons (Fsp3) is 0.632. The van der Waals surface area contributed by atoms with Crippen molar-refractivity contribution in [1.29, 1.82) is 0 Å². The van der Waals surface area contributed by atoms with Crippen LogP contribution in [0.5, 0.6) is 5.75 Å². The first-order chi connectivity index (χ1) is 12.8. The van der Waals surface area contributed by atoms with Crippen LogP contribution in [-0.4, -0.2) is 57.4 Å². The van der Waals surface area contributed by atoms with Gasteiger partial charge in [-0.2, -0.15) is 0 Å². The molecule has 7 nitrogen and oxygen atoms in total. The number of urea groups is 1. The van der Waals surface area contributed by atoms with E-state index in [0.29, 0.717) is 13.1 Å². The van der Waals surface area contributed by atoms with Gasteiger partial charge in [-0.1, -0.05) is 25.1 Å². The number of carbonyl (C=O) groups is 1. The lowest BCUT2D eigenvalue weighted by atomic mass is 9.94. The van der Waals surface area contributed by atoms with Gasteiger partial charge in [-0.15, -0.1) is 0 Å². The Balaban J connectivity index is 1.57. The van der Waals surface area contributed by atoms with Crippen molar-refractivity contribution in [3.8, 4) is 5.75 Å². The molecule has 2 heterocycles. The van der Waals surface area contributed by atoms with Crippen molar-refractivity contribution in [3.63, 3.8) is 0 Å². The van der Waals surface area contributed by atoms with Crippen LogP contribution in [0.15, 0.2) is 24.3 Å². The molecule has 1 saturated heterocycles. The molecule has 2 amide bonds. The molecule has 0 aromatic heterocycles. The average molecular weight is 396 g/mol. The third-order valence-electron chi connectivity index (χ3n) is 5.58. The van der Waals surface area contributed by atoms with E-state index in [4.69, 9.17) is 4.74 Å². The minimum atomic E-state index is -3.27. The normalized spacial score (nSPS) is 26.2. The van der Waals surface area contributed by atoms with E-state index in [1.165, 1.54) is 12.6 Å². The molecule has 1 aromatic rings. The molecule has 0 bridgehead atoms. The first kappa shape index (κ1) is 19.9. The van der Waals surface area contributed by atoms with Crippen LogP contribution in [0.4, 0.5) is 4.79 Å². The summed E-state index contributed by atoms with van der Waals surface area (Å²) in [5, 5.41) is 3.05. The predicted molar refractivity (Wildman–Crippen MR) is 104 cm³/mol. The molecule has 0 spiro atoms. The Labute approximate surface area is 161 Å². The van der Waals surface area contributed by atoms with Gasteiger partial charge in [0.25, 0.3) is 0 Å². The van der Waals surface area contributed by atoms with Gasteiger partial charge < -0.3 is 15.0 Å². The van der Waals surface area contributed by atoms with Gasteiger partial charge >= 0.3 is 6.03 Å². The van der Waals surface area contributed by atoms with Crippen LogP contribution in [0.1, 0.15) is 38.2 Å². The average Bonchev–Trinajstić information content (AvgIpc) is 2.99. The van der Waals surface area contributed by atoms with Crippen molar-refractivity contribution in [3.05, 3.63) is 29.8 Å². The summed E-state index contributed by atoms with van der Waals surface area (Å²) in [6.07, 6.45) is 1.52. The molecule has 2 aliphatic rings. The first-order valence-corrected chi connectivity index (χ1v) is 11.2. The standard InChI is InChI=1S/C19H29N3O4S/c1-13-16-8-4-5-9-17(16)26-18(13)14(2)21-19(23)22-10-6-7-15(11-22)12-27(24,25)20-3/h4-5,8-9,13-15,18,20H,6-7,10-12H2,1-3H3,(H,21,23). The summed E-state index contributed by atoms with van der Waals surface area (Å²) in [4.78, 5) is 14.4. The van der Waals surface area contributed by atoms with Gasteiger partial charge in [-0.3, -0.25) is 0 Å². The molecule has 0 saturated carbocycles. The Morgan fingerprint density at radius 1 is 1.37 bits per heavy atom. The maximum atomic E-state index is 12.7. The molecule has 1 aromatic carbocycles. The van der Waals surface area contributed by atoms with E-state index >= 15 is 0 Å². The highest BCUT2D eigenvalue weighted by Gasteiger charge is 2.36. The van der Waals surface area contributed by atoms with E-state index in [1.54, 1.807) is 4.90 Å². The number of hydrogen-bond acceptors (Lipinski definition) is 4. The van der Waals surface area contributed by atoms with E-state index in [9.17, 15) is 13.2 Å². The molecule has 2 aliphatic heterocycles. The lowest BCUT2D eigenvalue weighted by Crippen LogP contribution is -2.52. The van der Waals surface area contributed by atoms with E-state index in [2.05, 4.69) is 23.0 Å². The zero-order chi connectivity index (χ0) is 19.6. The first-order valence-electron chi connectivity index (χ1n) is 9.53. The molecular weight excluding hydrogens is 366 g/mol. The minimum Gasteiger partial charge on any atom is -0.487 e. The van der Waals surface area contributed by atoms with Gasteiger partial charge in [0.2, 0.25) is 10.0 Å². The molecule has 3 rings (SSSR count). The molecular formula is C19H29N3O4S. The molecule has 8 heteroatoms. The van der Waals surface area contributed by atoms with Gasteiger partial charge in [0, 0.05) is 24.6 Å². The van der Waals surface area contributed by atoms with Crippen molar-refractivity contribution in [2.45, 2.75) is 44.8 Å². The van der Waals surface area contributed by atoms with Crippen LogP contribution in [0.25, 0.3) is 0 Å². The molecule has 4 unspecified atom stereocenters. The number of carbonyl (C=O) groups excluding carboxylic acids is 1. The number of nitrogens with zero attached hydrogens (tertiary/aromatic N) is 1. The zero-order valence-electron chi connectivity index (χ0n) is 16.1. The van der Waals surface area contributed by atoms with Crippen LogP contribution in [0.2, 0.25) is 0 Å². The smallest absolute Gasteiger partial charge is 0.317 e. The molecule has 150 valence electrons. The summed E-state index contributed by atoms with van der Waals surface area (Å²) in [6.45, 7) is 5.17. The molecule has 2 N–H and O–H groups in total. The Morgan fingerprint density at radius 3 is 2.81 bits per heavy atom. The zero-order valence-corrected chi connectivity index (χ0v) is 17.0. The fourth-order valence-electron chi connectivity index (χ4n) is 4.07. The predicted octanol–water partition coefficient (Wildman–Crippen LogP) is 1.91. The number of benzene rings is 1. The Morgan fingerprint density at radius 2 is 2.11 bits per heavy atom. The summed E-state index contributed by atoms with van der Waals surface area (Å²) < 4.78 is 32.0. The number of piperidine rings is 1. The summed E-state index contributed by atoms with van der Waals surface area (Å²) in [6, 6.07) is 7.66. The highest BCUT2D eigenvalue weighted by Crippen LogP contribution is 2.38. The van der Waals surface area contributed by atoms with Crippen molar-refractivity contribution in [2.24, 2.45) is 5.92 Å². The highest BCUT2D eigenvalue weighted by molar-refractivity contribution is 7.89. The van der Waals surface area contributed by atoms with Gasteiger partial charge in [0.05, 0.1) is 11.8 Å². The number of rotatable bonds is 5. The summed E-state index contributed by atoms with van der Waals surface area (Å²) in [7, 11) is -1.85. The van der Waals surface area contributed by atoms with E-state index in [1.807, 2.05) is 25.1 Å². The van der Waals surface area contributed by atoms with Crippen molar-refractivity contribution in [1.82, 2.24) is 14.9 Å². The van der Waals surface area contributed by atoms with Crippen LogP contribution >= 0.6 is 0 Å². The van der Waals surface area contributed by atoms with Gasteiger partial charge in [0.15, 0.2) is 0 Å². The lowest BCUT2D eigenvalue weighted by Gasteiger charge is -2.34. The van der Waals surface area contributed by atoms with Crippen LogP contribution in [0.3, 0.4) is 0 Å². The molecule has 27 heavy (non-hydrogen) atoms. The molecule has 0 aliphatic carbocycles. The van der Waals surface area contributed by atoms with Gasteiger partial charge in [0.1, 0.15) is 11.9 Å². The Kier molecular flexibility index (Phi) is 5.95. The van der Waals surface area contributed by atoms with Crippen molar-refractivity contribution < 1.29 is 17.9 Å². The van der Waals surface area contributed by atoms with Gasteiger partial charge in [-0.25, -0.2) is 17.9 Å². The number of fused-ring (bicyclic) bond motifs is 1. The van der Waals surface area contributed by atoms with Gasteiger partial charge in [-0.05, 0) is 38.8 Å². The third-order valence-corrected chi connectivity index (χ3v) is 7.11. The number of hydrogen-bond donors (Lipinski definition) is 2. The minimum absolute atomic E-state index is 0.0387. The third kappa shape index (κ3) is 4.55. The molecule has 1 fully saturated rings. The topological polar surface area (TPSA) is 87.7 Å². The maximum Gasteiger partial charge on any atom is 0.317 e. The van der Waals surface area contributed by atoms with Crippen LogP contribution in [0, 0.1) is 5.92 Å². The quantitative estimate of drug-likeness (QED) is 0.797. The second-order valence-corrected chi connectivity index (χ2v) is 9.56. The van der Waals surface area contributed by atoms with Crippen LogP contribution in [-0.2, 0) is 10.0 Å². The SMILES string of the molecule is CNS(=O)(=O)CC1CCCN(C(=O)NC(C)C2Oc3ccccc3C2C)C1. The van der Waals surface area contributed by atoms with Crippen molar-refractivity contribution in [2.75, 3.05) is 25.9 Å². The number of likely N-dealkylation sites (tertiary alicyclic amines) is 1. The number of sulfonamides is 1. The number of ether oxygens (including phenoxy) is 1. The number of amides is 2. The number of para-hydroxylation sites is 1. The highest BCUT2D eigenvalue weighted by atomic mass is 32.2. The second kappa shape index (κ2) is 8.06. The Bertz CT molecular complexity index is 783. The maximum absolute atomic E-state index is 12.7. The monoisotopic (exact) mass is 395 g/mol. The van der Waals surface area contributed by atoms with E-state index in [-0.39, 0.29) is 35.8 Å². The molecule has 0 radical (unpaired) electrons. The fourth-order valence-corrected chi connectivity index (χ4v) is 5.13. The van der Waals surface area contributed by atoms with Crippen LogP contribution < -0.4 is 14.8 Å². The second-order valence-electron chi connectivity index (χ2n) is 7.59. The summed E-state index contributed by atoms with van der Waals surface area (Å²) in [5.74, 6) is 1.10. The van der Waals surface area contributed by atoms with Crippen molar-refractivity contribution >= 4 is 16.1 Å². The Hall–Kier alpha value is -1.80. The summed E-state index contributed by atoms with van der Waals surface area (Å²) in [5.41, 5.74) is 1.17. The van der Waals surface area contributed by atoms with E-state index in [0.717, 1.165) is 18.6 Å². The van der Waals surface area contributed by atoms with E-state index < -0.39 is 10.0 Å². The number of nitrogens with one attached hydrogen (secondary N) is 2. The molecule has 4 atom stereocenters.